The molecule has 2 atom stereocenters. The number of rotatable bonds is 2. The highest BCUT2D eigenvalue weighted by molar-refractivity contribution is 5.02. The summed E-state index contributed by atoms with van der Waals surface area (Å²) < 4.78 is 11.2. The van der Waals surface area contributed by atoms with Crippen LogP contribution in [0.15, 0.2) is 0 Å². The van der Waals surface area contributed by atoms with Gasteiger partial charge in [0.2, 0.25) is 0 Å². The third kappa shape index (κ3) is 1.80. The van der Waals surface area contributed by atoms with Gasteiger partial charge >= 0.3 is 0 Å². The number of ether oxygens (including phenoxy) is 2. The fourth-order valence-corrected chi connectivity index (χ4v) is 2.55. The van der Waals surface area contributed by atoms with Gasteiger partial charge in [-0.2, -0.15) is 0 Å². The molecule has 0 saturated carbocycles. The summed E-state index contributed by atoms with van der Waals surface area (Å²) in [5.41, 5.74) is 0.00299. The molecule has 4 nitrogen and oxygen atoms in total. The van der Waals surface area contributed by atoms with E-state index in [0.29, 0.717) is 6.04 Å². The van der Waals surface area contributed by atoms with E-state index in [-0.39, 0.29) is 5.60 Å². The lowest BCUT2D eigenvalue weighted by molar-refractivity contribution is -0.101. The van der Waals surface area contributed by atoms with Gasteiger partial charge in [0, 0.05) is 26.7 Å². The second-order valence-electron chi connectivity index (χ2n) is 4.36. The van der Waals surface area contributed by atoms with Crippen molar-refractivity contribution in [3.05, 3.63) is 0 Å². The quantitative estimate of drug-likeness (QED) is 0.663. The van der Waals surface area contributed by atoms with Crippen LogP contribution in [0, 0.1) is 0 Å². The van der Waals surface area contributed by atoms with E-state index in [1.807, 2.05) is 0 Å². The third-order valence-electron chi connectivity index (χ3n) is 3.30. The molecule has 4 heteroatoms. The number of nitrogens with zero attached hydrogens (tertiary/aromatic N) is 1. The van der Waals surface area contributed by atoms with Gasteiger partial charge in [0.25, 0.3) is 0 Å². The Morgan fingerprint density at radius 3 is 3.14 bits per heavy atom. The summed E-state index contributed by atoms with van der Waals surface area (Å²) in [6.45, 7) is 4.66. The minimum Gasteiger partial charge on any atom is -0.383 e. The number of nitrogens with one attached hydrogen (secondary N) is 1. The Labute approximate surface area is 85.5 Å². The molecule has 0 aromatic rings. The van der Waals surface area contributed by atoms with Crippen LogP contribution in [0.25, 0.3) is 0 Å². The topological polar surface area (TPSA) is 33.7 Å². The van der Waals surface area contributed by atoms with Crippen LogP contribution in [-0.4, -0.2) is 63.5 Å². The van der Waals surface area contributed by atoms with Crippen LogP contribution in [0.1, 0.15) is 6.42 Å². The van der Waals surface area contributed by atoms with Crippen molar-refractivity contribution in [1.29, 1.82) is 0 Å². The minimum absolute atomic E-state index is 0.00299. The van der Waals surface area contributed by atoms with Crippen molar-refractivity contribution in [2.75, 3.05) is 47.0 Å². The molecule has 2 unspecified atom stereocenters. The lowest BCUT2D eigenvalue weighted by atomic mass is 9.92. The summed E-state index contributed by atoms with van der Waals surface area (Å²) in [7, 11) is 3.90. The Hall–Kier alpha value is -0.160. The normalized spacial score (nSPS) is 39.4. The molecular weight excluding hydrogens is 180 g/mol. The maximum atomic E-state index is 5.98. The molecule has 1 N–H and O–H groups in total. The fourth-order valence-electron chi connectivity index (χ4n) is 2.55. The predicted octanol–water partition coefficient (Wildman–Crippen LogP) is -0.304. The molecule has 0 aliphatic carbocycles. The van der Waals surface area contributed by atoms with Crippen LogP contribution < -0.4 is 5.32 Å². The van der Waals surface area contributed by atoms with Crippen molar-refractivity contribution < 1.29 is 9.47 Å². The van der Waals surface area contributed by atoms with Crippen molar-refractivity contribution in [2.45, 2.75) is 18.1 Å². The number of hydrogen-bond donors (Lipinski definition) is 1. The van der Waals surface area contributed by atoms with Crippen molar-refractivity contribution in [3.8, 4) is 0 Å². The number of morpholine rings is 1. The highest BCUT2D eigenvalue weighted by Crippen LogP contribution is 2.30. The Balaban J connectivity index is 2.05. The van der Waals surface area contributed by atoms with E-state index in [9.17, 15) is 0 Å². The van der Waals surface area contributed by atoms with E-state index in [4.69, 9.17) is 9.47 Å². The zero-order valence-corrected chi connectivity index (χ0v) is 9.08. The summed E-state index contributed by atoms with van der Waals surface area (Å²) in [6, 6.07) is 0.353. The Kier molecular flexibility index (Phi) is 3.07. The maximum absolute atomic E-state index is 5.98. The standard InChI is InChI=1S/C10H20N2O2/c1-12-5-3-10(8-12)9(7-13-2)11-4-6-14-10/h9,11H,3-8H2,1-2H3. The smallest absolute Gasteiger partial charge is 0.0995 e. The van der Waals surface area contributed by atoms with Crippen LogP contribution in [0.2, 0.25) is 0 Å². The molecule has 2 aliphatic rings. The van der Waals surface area contributed by atoms with Crippen molar-refractivity contribution >= 4 is 0 Å². The van der Waals surface area contributed by atoms with Crippen LogP contribution >= 0.6 is 0 Å². The zero-order valence-electron chi connectivity index (χ0n) is 9.08. The lowest BCUT2D eigenvalue weighted by Gasteiger charge is -2.41. The SMILES string of the molecule is COCC1NCCOC12CCN(C)C2. The van der Waals surface area contributed by atoms with Gasteiger partial charge in [-0.25, -0.2) is 0 Å². The second kappa shape index (κ2) is 4.14. The molecule has 2 saturated heterocycles. The third-order valence-corrected chi connectivity index (χ3v) is 3.30. The Morgan fingerprint density at radius 1 is 1.64 bits per heavy atom. The summed E-state index contributed by atoms with van der Waals surface area (Å²) in [6.07, 6.45) is 1.12. The molecule has 0 aromatic carbocycles. The molecule has 0 amide bonds. The highest BCUT2D eigenvalue weighted by Gasteiger charge is 2.46. The fraction of sp³-hybridized carbons (Fsp3) is 1.00. The van der Waals surface area contributed by atoms with Gasteiger partial charge in [-0.1, -0.05) is 0 Å². The molecule has 0 bridgehead atoms. The van der Waals surface area contributed by atoms with Gasteiger partial charge < -0.3 is 19.7 Å². The highest BCUT2D eigenvalue weighted by atomic mass is 16.5. The van der Waals surface area contributed by atoms with Gasteiger partial charge in [0.05, 0.1) is 24.9 Å². The van der Waals surface area contributed by atoms with Crippen LogP contribution in [0.5, 0.6) is 0 Å². The van der Waals surface area contributed by atoms with Crippen molar-refractivity contribution in [2.24, 2.45) is 0 Å². The second-order valence-corrected chi connectivity index (χ2v) is 4.36. The molecule has 2 heterocycles. The van der Waals surface area contributed by atoms with E-state index < -0.39 is 0 Å². The number of hydrogen-bond acceptors (Lipinski definition) is 4. The van der Waals surface area contributed by atoms with E-state index >= 15 is 0 Å². The monoisotopic (exact) mass is 200 g/mol. The molecule has 2 rings (SSSR count). The van der Waals surface area contributed by atoms with Gasteiger partial charge in [-0.3, -0.25) is 0 Å². The first-order valence-electron chi connectivity index (χ1n) is 5.32. The van der Waals surface area contributed by atoms with Gasteiger partial charge in [-0.05, 0) is 13.5 Å². The molecule has 0 radical (unpaired) electrons. The average Bonchev–Trinajstić information content (AvgIpc) is 2.53. The van der Waals surface area contributed by atoms with Crippen molar-refractivity contribution in [1.82, 2.24) is 10.2 Å². The van der Waals surface area contributed by atoms with Gasteiger partial charge in [0.15, 0.2) is 0 Å². The van der Waals surface area contributed by atoms with Crippen LogP contribution in [0.4, 0.5) is 0 Å². The Morgan fingerprint density at radius 2 is 2.50 bits per heavy atom. The predicted molar refractivity (Wildman–Crippen MR) is 54.5 cm³/mol. The van der Waals surface area contributed by atoms with E-state index in [1.165, 1.54) is 0 Å². The van der Waals surface area contributed by atoms with Crippen molar-refractivity contribution in [3.63, 3.8) is 0 Å². The average molecular weight is 200 g/mol. The molecule has 0 aromatic heterocycles. The largest absolute Gasteiger partial charge is 0.383 e. The lowest BCUT2D eigenvalue weighted by Crippen LogP contribution is -2.61. The molecule has 2 fully saturated rings. The molecule has 14 heavy (non-hydrogen) atoms. The van der Waals surface area contributed by atoms with Crippen LogP contribution in [0.3, 0.4) is 0 Å². The van der Waals surface area contributed by atoms with E-state index in [1.54, 1.807) is 7.11 Å². The maximum Gasteiger partial charge on any atom is 0.0995 e. The first-order chi connectivity index (χ1) is 6.77. The van der Waals surface area contributed by atoms with E-state index in [0.717, 1.165) is 39.3 Å². The number of methoxy groups -OCH3 is 1. The molecule has 1 spiro atoms. The number of likely N-dealkylation sites (N-methyl/N-ethyl adjacent to an activating group) is 1. The molecule has 2 aliphatic heterocycles. The number of likely N-dealkylation sites (tertiary alicyclic amines) is 1. The zero-order chi connectivity index (χ0) is 10.0. The van der Waals surface area contributed by atoms with Crippen LogP contribution in [-0.2, 0) is 9.47 Å². The first kappa shape index (κ1) is 10.4. The van der Waals surface area contributed by atoms with Gasteiger partial charge in [0.1, 0.15) is 0 Å². The Bertz CT molecular complexity index is 195. The summed E-state index contributed by atoms with van der Waals surface area (Å²) in [4.78, 5) is 2.33. The summed E-state index contributed by atoms with van der Waals surface area (Å²) in [5.74, 6) is 0. The van der Waals surface area contributed by atoms with Gasteiger partial charge in [-0.15, -0.1) is 0 Å². The van der Waals surface area contributed by atoms with E-state index in [2.05, 4.69) is 17.3 Å². The summed E-state index contributed by atoms with van der Waals surface area (Å²) in [5, 5.41) is 3.50. The molecular formula is C10H20N2O2. The first-order valence-corrected chi connectivity index (χ1v) is 5.32. The molecule has 82 valence electrons. The summed E-state index contributed by atoms with van der Waals surface area (Å²) >= 11 is 0. The minimum atomic E-state index is 0.00299.